The normalized spacial score (nSPS) is 29.5. The quantitative estimate of drug-likeness (QED) is 0.677. The van der Waals surface area contributed by atoms with Gasteiger partial charge in [0.05, 0.1) is 5.56 Å². The van der Waals surface area contributed by atoms with Crippen LogP contribution in [0.15, 0.2) is 17.4 Å². The topological polar surface area (TPSA) is 110 Å². The monoisotopic (exact) mass is 414 g/mol. The van der Waals surface area contributed by atoms with Gasteiger partial charge in [0.15, 0.2) is 11.5 Å². The molecule has 0 saturated heterocycles. The molecular formula is C23H26O7. The summed E-state index contributed by atoms with van der Waals surface area (Å²) in [5, 5.41) is 20.6. The van der Waals surface area contributed by atoms with E-state index in [4.69, 9.17) is 9.47 Å². The van der Waals surface area contributed by atoms with Crippen molar-refractivity contribution in [1.82, 2.24) is 0 Å². The zero-order valence-electron chi connectivity index (χ0n) is 17.7. The average Bonchev–Trinajstić information content (AvgIpc) is 2.64. The number of ether oxygens (including phenoxy) is 2. The van der Waals surface area contributed by atoms with Gasteiger partial charge in [0.25, 0.3) is 0 Å². The molecule has 0 aromatic heterocycles. The summed E-state index contributed by atoms with van der Waals surface area (Å²) in [5.41, 5.74) is -0.451. The zero-order chi connectivity index (χ0) is 22.1. The highest BCUT2D eigenvalue weighted by atomic mass is 16.5. The first-order valence-electron chi connectivity index (χ1n) is 10.2. The number of ketones is 2. The number of aromatic hydroxyl groups is 2. The molecule has 7 heteroatoms. The lowest BCUT2D eigenvalue weighted by Crippen LogP contribution is -2.52. The molecule has 2 unspecified atom stereocenters. The molecule has 0 bridgehead atoms. The predicted molar refractivity (Wildman–Crippen MR) is 106 cm³/mol. The highest BCUT2D eigenvalue weighted by molar-refractivity contribution is 6.27. The van der Waals surface area contributed by atoms with Crippen molar-refractivity contribution in [3.05, 3.63) is 34.1 Å². The predicted octanol–water partition coefficient (Wildman–Crippen LogP) is 3.44. The van der Waals surface area contributed by atoms with E-state index in [-0.39, 0.29) is 58.0 Å². The number of phenolic OH excluding ortho intramolecular Hbond substituents is 2. The number of carbonyl (C=O) groups is 3. The Bertz CT molecular complexity index is 1020. The Morgan fingerprint density at radius 2 is 1.87 bits per heavy atom. The van der Waals surface area contributed by atoms with E-state index in [1.807, 2.05) is 20.8 Å². The molecule has 4 rings (SSSR count). The summed E-state index contributed by atoms with van der Waals surface area (Å²) in [6.07, 6.45) is 0.798. The fraction of sp³-hybridized carbons (Fsp3) is 0.522. The van der Waals surface area contributed by atoms with Crippen molar-refractivity contribution in [1.29, 1.82) is 0 Å². The van der Waals surface area contributed by atoms with Crippen molar-refractivity contribution >= 4 is 17.5 Å². The molecule has 4 atom stereocenters. The van der Waals surface area contributed by atoms with Gasteiger partial charge in [0, 0.05) is 29.5 Å². The van der Waals surface area contributed by atoms with Gasteiger partial charge in [-0.15, -0.1) is 0 Å². The van der Waals surface area contributed by atoms with Gasteiger partial charge in [0.1, 0.15) is 23.2 Å². The van der Waals surface area contributed by atoms with Crippen molar-refractivity contribution in [2.24, 2.45) is 17.8 Å². The summed E-state index contributed by atoms with van der Waals surface area (Å²) in [4.78, 5) is 38.3. The number of benzene rings is 1. The van der Waals surface area contributed by atoms with E-state index in [1.165, 1.54) is 19.9 Å². The van der Waals surface area contributed by atoms with Crippen LogP contribution in [0.1, 0.15) is 66.8 Å². The molecule has 2 aliphatic carbocycles. The molecule has 0 radical (unpaired) electrons. The van der Waals surface area contributed by atoms with Crippen molar-refractivity contribution in [2.75, 3.05) is 0 Å². The minimum Gasteiger partial charge on any atom is -0.508 e. The third kappa shape index (κ3) is 2.82. The minimum absolute atomic E-state index is 0.00178. The van der Waals surface area contributed by atoms with E-state index in [1.54, 1.807) is 0 Å². The molecule has 1 heterocycles. The van der Waals surface area contributed by atoms with Gasteiger partial charge in [-0.25, -0.2) is 0 Å². The molecule has 30 heavy (non-hydrogen) atoms. The molecule has 160 valence electrons. The summed E-state index contributed by atoms with van der Waals surface area (Å²) in [6, 6.07) is 1.25. The lowest BCUT2D eigenvalue weighted by molar-refractivity contribution is -0.158. The molecule has 2 N–H and O–H groups in total. The highest BCUT2D eigenvalue weighted by Crippen LogP contribution is 2.53. The van der Waals surface area contributed by atoms with Gasteiger partial charge < -0.3 is 19.7 Å². The largest absolute Gasteiger partial charge is 0.508 e. The average molecular weight is 414 g/mol. The summed E-state index contributed by atoms with van der Waals surface area (Å²) in [5.74, 6) is -2.33. The summed E-state index contributed by atoms with van der Waals surface area (Å²) in [6.45, 7) is 8.56. The summed E-state index contributed by atoms with van der Waals surface area (Å²) < 4.78 is 11.6. The van der Waals surface area contributed by atoms with Gasteiger partial charge >= 0.3 is 5.97 Å². The Morgan fingerprint density at radius 1 is 1.20 bits per heavy atom. The molecular weight excluding hydrogens is 388 g/mol. The maximum atomic E-state index is 13.4. The van der Waals surface area contributed by atoms with Gasteiger partial charge in [-0.1, -0.05) is 6.92 Å². The second-order valence-electron chi connectivity index (χ2n) is 9.21. The Labute approximate surface area is 174 Å². The van der Waals surface area contributed by atoms with Crippen LogP contribution >= 0.6 is 0 Å². The number of hydrogen-bond acceptors (Lipinski definition) is 7. The van der Waals surface area contributed by atoms with Crippen LogP contribution in [0.25, 0.3) is 0 Å². The number of esters is 1. The van der Waals surface area contributed by atoms with Crippen LogP contribution in [-0.4, -0.2) is 39.5 Å². The molecule has 1 aromatic rings. The van der Waals surface area contributed by atoms with Crippen LogP contribution in [0.2, 0.25) is 0 Å². The van der Waals surface area contributed by atoms with Crippen molar-refractivity contribution in [3.63, 3.8) is 0 Å². The number of rotatable bonds is 1. The van der Waals surface area contributed by atoms with Crippen LogP contribution in [0.5, 0.6) is 11.5 Å². The number of phenols is 2. The standard InChI is InChI=1S/C23H26O7/c1-9-6-12-14(8-16(9)29-11(3)24)23(4,5)30-22-18(12)20(27)13-7-15(25)10(2)19(26)17(13)21(22)28/h7,9,12,14,16,25-26H,6,8H2,1-5H3/t9-,12?,14?,16+/m1/s1. The molecule has 0 amide bonds. The highest BCUT2D eigenvalue weighted by Gasteiger charge is 2.55. The Kier molecular flexibility index (Phi) is 4.49. The molecule has 1 fully saturated rings. The number of allylic oxidation sites excluding steroid dienone is 2. The Hall–Kier alpha value is -2.83. The van der Waals surface area contributed by atoms with Crippen molar-refractivity contribution in [2.45, 2.75) is 59.2 Å². The Balaban J connectivity index is 1.83. The molecule has 1 saturated carbocycles. The number of fused-ring (bicyclic) bond motifs is 3. The van der Waals surface area contributed by atoms with Gasteiger partial charge in [-0.2, -0.15) is 0 Å². The van der Waals surface area contributed by atoms with E-state index < -0.39 is 22.9 Å². The van der Waals surface area contributed by atoms with Crippen molar-refractivity contribution in [3.8, 4) is 11.5 Å². The van der Waals surface area contributed by atoms with Crippen molar-refractivity contribution < 1.29 is 34.1 Å². The molecule has 0 spiro atoms. The van der Waals surface area contributed by atoms with Gasteiger partial charge in [-0.05, 0) is 51.5 Å². The maximum Gasteiger partial charge on any atom is 0.302 e. The first-order chi connectivity index (χ1) is 13.9. The zero-order valence-corrected chi connectivity index (χ0v) is 17.7. The second-order valence-corrected chi connectivity index (χ2v) is 9.21. The van der Waals surface area contributed by atoms with Crippen LogP contribution < -0.4 is 0 Å². The van der Waals surface area contributed by atoms with Crippen LogP contribution in [0.4, 0.5) is 0 Å². The fourth-order valence-electron chi connectivity index (χ4n) is 5.25. The smallest absolute Gasteiger partial charge is 0.302 e. The van der Waals surface area contributed by atoms with Crippen LogP contribution in [0.3, 0.4) is 0 Å². The molecule has 3 aliphatic rings. The first-order valence-corrected chi connectivity index (χ1v) is 10.2. The van der Waals surface area contributed by atoms with E-state index in [2.05, 4.69) is 0 Å². The van der Waals surface area contributed by atoms with Gasteiger partial charge in [-0.3, -0.25) is 14.4 Å². The number of carbonyl (C=O) groups excluding carboxylic acids is 3. The summed E-state index contributed by atoms with van der Waals surface area (Å²) >= 11 is 0. The maximum absolute atomic E-state index is 13.4. The number of hydrogen-bond donors (Lipinski definition) is 2. The lowest BCUT2D eigenvalue weighted by atomic mass is 9.61. The Morgan fingerprint density at radius 3 is 2.50 bits per heavy atom. The summed E-state index contributed by atoms with van der Waals surface area (Å²) in [7, 11) is 0. The van der Waals surface area contributed by atoms with E-state index in [9.17, 15) is 24.6 Å². The molecule has 7 nitrogen and oxygen atoms in total. The van der Waals surface area contributed by atoms with Crippen LogP contribution in [-0.2, 0) is 14.3 Å². The first kappa shape index (κ1) is 20.4. The van der Waals surface area contributed by atoms with E-state index >= 15 is 0 Å². The minimum atomic E-state index is -0.767. The SMILES string of the molecule is CC(=O)O[C@H]1CC2C(C[C@H]1C)C1=C(OC2(C)C)C(=O)c2c(cc(O)c(C)c2O)C1=O. The molecule has 1 aliphatic heterocycles. The fourth-order valence-corrected chi connectivity index (χ4v) is 5.25. The second kappa shape index (κ2) is 6.59. The van der Waals surface area contributed by atoms with Gasteiger partial charge in [0.2, 0.25) is 5.78 Å². The van der Waals surface area contributed by atoms with E-state index in [0.29, 0.717) is 18.4 Å². The molecule has 1 aromatic carbocycles. The van der Waals surface area contributed by atoms with Crippen LogP contribution in [0, 0.1) is 24.7 Å². The third-order valence-corrected chi connectivity index (χ3v) is 6.87. The van der Waals surface area contributed by atoms with E-state index in [0.717, 1.165) is 0 Å². The lowest BCUT2D eigenvalue weighted by Gasteiger charge is -2.51. The number of Topliss-reactive ketones (excluding diaryl/α,β-unsaturated/α-hetero) is 2. The third-order valence-electron chi connectivity index (χ3n) is 6.87.